The third-order valence-corrected chi connectivity index (χ3v) is 1.40. The third kappa shape index (κ3) is 2.35. The Labute approximate surface area is 70.4 Å². The number of nitrogens with one attached hydrogen (secondary N) is 2. The second-order valence-electron chi connectivity index (χ2n) is 2.54. The number of amides is 1. The summed E-state index contributed by atoms with van der Waals surface area (Å²) in [6, 6.07) is -0.472. The molecule has 1 aromatic rings. The van der Waals surface area contributed by atoms with Crippen LogP contribution in [0.3, 0.4) is 0 Å². The predicted octanol–water partition coefficient (Wildman–Crippen LogP) is -0.627. The van der Waals surface area contributed by atoms with Crippen LogP contribution in [0, 0.1) is 0 Å². The third-order valence-electron chi connectivity index (χ3n) is 1.40. The maximum atomic E-state index is 11.0. The molecule has 0 aliphatic heterocycles. The number of nitrogens with two attached hydrogens (primary N) is 1. The minimum atomic E-state index is -0.472. The quantitative estimate of drug-likeness (QED) is 0.562. The fourth-order valence-corrected chi connectivity index (χ4v) is 0.726. The van der Waals surface area contributed by atoms with Crippen molar-refractivity contribution in [1.82, 2.24) is 15.3 Å². The van der Waals surface area contributed by atoms with Gasteiger partial charge < -0.3 is 16.0 Å². The van der Waals surface area contributed by atoms with Crippen molar-refractivity contribution in [2.24, 2.45) is 5.73 Å². The molecule has 5 heteroatoms. The summed E-state index contributed by atoms with van der Waals surface area (Å²) in [5, 5.41) is 2.63. The van der Waals surface area contributed by atoms with Gasteiger partial charge in [0.2, 0.25) is 5.91 Å². The number of imidazole rings is 1. The van der Waals surface area contributed by atoms with Crippen molar-refractivity contribution >= 4 is 5.91 Å². The van der Waals surface area contributed by atoms with Gasteiger partial charge in [0.05, 0.1) is 12.6 Å². The molecule has 0 spiro atoms. The Morgan fingerprint density at radius 3 is 3.17 bits per heavy atom. The molecule has 0 aliphatic rings. The number of carbonyl (C=O) groups excluding carboxylic acids is 1. The molecule has 1 amide bonds. The molecule has 1 atom stereocenters. The van der Waals surface area contributed by atoms with Gasteiger partial charge in [-0.15, -0.1) is 0 Å². The summed E-state index contributed by atoms with van der Waals surface area (Å²) in [4.78, 5) is 17.8. The van der Waals surface area contributed by atoms with Crippen LogP contribution in [0.15, 0.2) is 12.4 Å². The van der Waals surface area contributed by atoms with Crippen molar-refractivity contribution in [1.29, 1.82) is 0 Å². The molecular formula is C7H12N4O. The smallest absolute Gasteiger partial charge is 0.237 e. The van der Waals surface area contributed by atoms with Gasteiger partial charge in [-0.2, -0.15) is 0 Å². The average molecular weight is 168 g/mol. The van der Waals surface area contributed by atoms with Gasteiger partial charge in [0.25, 0.3) is 0 Å². The number of carbonyl (C=O) groups is 1. The average Bonchev–Trinajstić information content (AvgIpc) is 2.51. The highest BCUT2D eigenvalue weighted by molar-refractivity contribution is 5.80. The summed E-state index contributed by atoms with van der Waals surface area (Å²) in [5.74, 6) is 0.551. The topological polar surface area (TPSA) is 83.8 Å². The molecule has 0 bridgehead atoms. The summed E-state index contributed by atoms with van der Waals surface area (Å²) in [7, 11) is 0. The van der Waals surface area contributed by atoms with E-state index in [0.717, 1.165) is 5.82 Å². The monoisotopic (exact) mass is 168 g/mol. The fourth-order valence-electron chi connectivity index (χ4n) is 0.726. The minimum absolute atomic E-state index is 0.175. The van der Waals surface area contributed by atoms with Gasteiger partial charge in [-0.1, -0.05) is 0 Å². The Bertz CT molecular complexity index is 242. The lowest BCUT2D eigenvalue weighted by molar-refractivity contribution is -0.122. The highest BCUT2D eigenvalue weighted by Gasteiger charge is 2.06. The van der Waals surface area contributed by atoms with E-state index in [2.05, 4.69) is 15.3 Å². The predicted molar refractivity (Wildman–Crippen MR) is 44.1 cm³/mol. The molecule has 5 nitrogen and oxygen atoms in total. The molecule has 0 aromatic carbocycles. The first-order valence-corrected chi connectivity index (χ1v) is 3.71. The Morgan fingerprint density at radius 1 is 1.92 bits per heavy atom. The summed E-state index contributed by atoms with van der Waals surface area (Å²) in [5.41, 5.74) is 5.33. The highest BCUT2D eigenvalue weighted by Crippen LogP contribution is 1.86. The second kappa shape index (κ2) is 3.87. The van der Waals surface area contributed by atoms with Crippen LogP contribution in [-0.4, -0.2) is 21.9 Å². The number of aromatic nitrogens is 2. The molecular weight excluding hydrogens is 156 g/mol. The van der Waals surface area contributed by atoms with Crippen LogP contribution in [0.4, 0.5) is 0 Å². The molecule has 4 N–H and O–H groups in total. The zero-order valence-electron chi connectivity index (χ0n) is 6.87. The van der Waals surface area contributed by atoms with Crippen molar-refractivity contribution in [2.75, 3.05) is 0 Å². The van der Waals surface area contributed by atoms with Crippen molar-refractivity contribution in [3.63, 3.8) is 0 Å². The molecule has 0 saturated carbocycles. The lowest BCUT2D eigenvalue weighted by Crippen LogP contribution is -2.37. The van der Waals surface area contributed by atoms with E-state index in [1.165, 1.54) is 0 Å². The summed E-state index contributed by atoms with van der Waals surface area (Å²) in [6.07, 6.45) is 3.33. The summed E-state index contributed by atoms with van der Waals surface area (Å²) >= 11 is 0. The maximum absolute atomic E-state index is 11.0. The van der Waals surface area contributed by atoms with Crippen molar-refractivity contribution in [3.05, 3.63) is 18.2 Å². The molecule has 12 heavy (non-hydrogen) atoms. The highest BCUT2D eigenvalue weighted by atomic mass is 16.2. The van der Waals surface area contributed by atoms with Gasteiger partial charge in [0.1, 0.15) is 5.82 Å². The Balaban J connectivity index is 2.32. The number of hydrogen-bond acceptors (Lipinski definition) is 3. The maximum Gasteiger partial charge on any atom is 0.237 e. The Kier molecular flexibility index (Phi) is 2.82. The van der Waals surface area contributed by atoms with Gasteiger partial charge in [0, 0.05) is 12.4 Å². The standard InChI is InChI=1S/C7H12N4O/c1-5(8)7(12)11-4-6-9-2-3-10-6/h2-3,5H,4,8H2,1H3,(H,9,10)(H,11,12)/t5-/m1/s1. The van der Waals surface area contributed by atoms with Gasteiger partial charge >= 0.3 is 0 Å². The van der Waals surface area contributed by atoms with Crippen LogP contribution in [-0.2, 0) is 11.3 Å². The molecule has 0 aliphatic carbocycles. The van der Waals surface area contributed by atoms with Crippen LogP contribution < -0.4 is 11.1 Å². The van der Waals surface area contributed by atoms with Crippen LogP contribution in [0.25, 0.3) is 0 Å². The molecule has 0 unspecified atom stereocenters. The first-order valence-electron chi connectivity index (χ1n) is 3.71. The van der Waals surface area contributed by atoms with Crippen LogP contribution >= 0.6 is 0 Å². The molecule has 1 heterocycles. The van der Waals surface area contributed by atoms with Gasteiger partial charge in [0.15, 0.2) is 0 Å². The zero-order valence-corrected chi connectivity index (χ0v) is 6.87. The van der Waals surface area contributed by atoms with Crippen molar-refractivity contribution < 1.29 is 4.79 Å². The van der Waals surface area contributed by atoms with Gasteiger partial charge in [-0.05, 0) is 6.92 Å². The molecule has 0 saturated heterocycles. The number of H-pyrrole nitrogens is 1. The van der Waals surface area contributed by atoms with Crippen LogP contribution in [0.1, 0.15) is 12.7 Å². The SMILES string of the molecule is C[C@@H](N)C(=O)NCc1ncc[nH]1. The van der Waals surface area contributed by atoms with Crippen molar-refractivity contribution in [3.8, 4) is 0 Å². The summed E-state index contributed by atoms with van der Waals surface area (Å²) < 4.78 is 0. The number of hydrogen-bond donors (Lipinski definition) is 3. The summed E-state index contributed by atoms with van der Waals surface area (Å²) in [6.45, 7) is 2.03. The van der Waals surface area contributed by atoms with Gasteiger partial charge in [-0.3, -0.25) is 4.79 Å². The minimum Gasteiger partial charge on any atom is -0.348 e. The second-order valence-corrected chi connectivity index (χ2v) is 2.54. The fraction of sp³-hybridized carbons (Fsp3) is 0.429. The zero-order chi connectivity index (χ0) is 8.97. The molecule has 0 fully saturated rings. The molecule has 1 aromatic heterocycles. The van der Waals surface area contributed by atoms with E-state index in [4.69, 9.17) is 5.73 Å². The number of aromatic amines is 1. The van der Waals surface area contributed by atoms with Crippen LogP contribution in [0.2, 0.25) is 0 Å². The largest absolute Gasteiger partial charge is 0.348 e. The van der Waals surface area contributed by atoms with Gasteiger partial charge in [-0.25, -0.2) is 4.98 Å². The lowest BCUT2D eigenvalue weighted by atomic mass is 10.3. The lowest BCUT2D eigenvalue weighted by Gasteiger charge is -2.04. The Hall–Kier alpha value is -1.36. The molecule has 0 radical (unpaired) electrons. The van der Waals surface area contributed by atoms with Crippen LogP contribution in [0.5, 0.6) is 0 Å². The molecule has 1 rings (SSSR count). The van der Waals surface area contributed by atoms with E-state index in [1.54, 1.807) is 19.3 Å². The Morgan fingerprint density at radius 2 is 2.67 bits per heavy atom. The van der Waals surface area contributed by atoms with E-state index in [9.17, 15) is 4.79 Å². The van der Waals surface area contributed by atoms with E-state index < -0.39 is 6.04 Å². The first kappa shape index (κ1) is 8.73. The van der Waals surface area contributed by atoms with E-state index in [0.29, 0.717) is 6.54 Å². The molecule has 66 valence electrons. The number of nitrogens with zero attached hydrogens (tertiary/aromatic N) is 1. The van der Waals surface area contributed by atoms with E-state index in [1.807, 2.05) is 0 Å². The van der Waals surface area contributed by atoms with E-state index >= 15 is 0 Å². The first-order chi connectivity index (χ1) is 5.70. The number of rotatable bonds is 3. The normalized spacial score (nSPS) is 12.5. The van der Waals surface area contributed by atoms with Crippen molar-refractivity contribution in [2.45, 2.75) is 19.5 Å². The van der Waals surface area contributed by atoms with E-state index in [-0.39, 0.29) is 5.91 Å².